The van der Waals surface area contributed by atoms with Crippen molar-refractivity contribution in [2.24, 2.45) is 9.57 Å². The van der Waals surface area contributed by atoms with Crippen molar-refractivity contribution in [2.45, 2.75) is 18.7 Å². The quantitative estimate of drug-likeness (QED) is 0.112. The first-order chi connectivity index (χ1) is 20.4. The van der Waals surface area contributed by atoms with E-state index in [0.29, 0.717) is 22.3 Å². The number of fused-ring (bicyclic) bond motifs is 2. The van der Waals surface area contributed by atoms with E-state index in [1.54, 1.807) is 18.2 Å². The van der Waals surface area contributed by atoms with Crippen molar-refractivity contribution < 1.29 is 14.3 Å². The number of carbonyl (C=O) groups is 1. The van der Waals surface area contributed by atoms with E-state index in [1.807, 2.05) is 98.8 Å². The van der Waals surface area contributed by atoms with Crippen LogP contribution in [0.5, 0.6) is 0 Å². The number of hydrogen-bond acceptors (Lipinski definition) is 7. The minimum absolute atomic E-state index is 0.209. The third-order valence-electron chi connectivity index (χ3n) is 7.12. The smallest absolute Gasteiger partial charge is 0.336 e. The largest absolute Gasteiger partial charge is 0.478 e. The van der Waals surface area contributed by atoms with Gasteiger partial charge in [0.15, 0.2) is 0 Å². The predicted octanol–water partition coefficient (Wildman–Crippen LogP) is 9.27. The Kier molecular flexibility index (Phi) is 7.29. The van der Waals surface area contributed by atoms with Gasteiger partial charge >= 0.3 is 5.97 Å². The number of nitrogens with zero attached hydrogens (tertiary/aromatic N) is 2. The molecule has 0 fully saturated rings. The van der Waals surface area contributed by atoms with E-state index >= 15 is 0 Å². The van der Waals surface area contributed by atoms with Crippen molar-refractivity contribution in [3.05, 3.63) is 130 Å². The zero-order valence-electron chi connectivity index (χ0n) is 22.8. The van der Waals surface area contributed by atoms with Gasteiger partial charge in [-0.3, -0.25) is 0 Å². The summed E-state index contributed by atoms with van der Waals surface area (Å²) >= 11 is 0.878. The van der Waals surface area contributed by atoms with Crippen LogP contribution in [-0.4, -0.2) is 11.1 Å². The lowest BCUT2D eigenvalue weighted by atomic mass is 9.90. The van der Waals surface area contributed by atoms with Crippen molar-refractivity contribution in [3.63, 3.8) is 0 Å². The van der Waals surface area contributed by atoms with E-state index in [2.05, 4.69) is 9.90 Å². The van der Waals surface area contributed by atoms with Crippen LogP contribution in [0.3, 0.4) is 0 Å². The van der Waals surface area contributed by atoms with E-state index in [9.17, 15) is 14.8 Å². The van der Waals surface area contributed by atoms with Gasteiger partial charge in [-0.1, -0.05) is 36.4 Å². The van der Waals surface area contributed by atoms with Crippen LogP contribution < -0.4 is 10.7 Å². The number of carboxylic acid groups (broad SMARTS) is 1. The SMILES string of the molecule is Cc1cc(SN=O)ccc1/N=c1\ccc2c(-c3ccccc3C(=O)O)c3ccc(Nc4ccccc4C)cc3oc-2c1. The number of nitrogens with one attached hydrogen (secondary N) is 1. The molecule has 0 saturated carbocycles. The molecule has 0 radical (unpaired) electrons. The summed E-state index contributed by atoms with van der Waals surface area (Å²) in [5.74, 6) is -0.430. The Morgan fingerprint density at radius 2 is 1.64 bits per heavy atom. The number of carboxylic acids is 1. The third-order valence-corrected chi connectivity index (χ3v) is 7.66. The number of para-hydroxylation sites is 1. The summed E-state index contributed by atoms with van der Waals surface area (Å²) in [4.78, 5) is 28.4. The van der Waals surface area contributed by atoms with Gasteiger partial charge < -0.3 is 14.8 Å². The zero-order valence-corrected chi connectivity index (χ0v) is 23.6. The normalized spacial score (nSPS) is 11.6. The fourth-order valence-electron chi connectivity index (χ4n) is 5.06. The Morgan fingerprint density at radius 3 is 2.43 bits per heavy atom. The summed E-state index contributed by atoms with van der Waals surface area (Å²) in [5, 5.41) is 15.0. The van der Waals surface area contributed by atoms with Crippen LogP contribution in [0.1, 0.15) is 21.5 Å². The topological polar surface area (TPSA) is 104 Å². The first kappa shape index (κ1) is 27.0. The van der Waals surface area contributed by atoms with E-state index in [4.69, 9.17) is 9.41 Å². The van der Waals surface area contributed by atoms with Crippen LogP contribution in [-0.2, 0) is 0 Å². The highest BCUT2D eigenvalue weighted by Gasteiger charge is 2.21. The molecule has 0 atom stereocenters. The molecule has 0 aromatic heterocycles. The molecule has 0 amide bonds. The van der Waals surface area contributed by atoms with Crippen molar-refractivity contribution in [2.75, 3.05) is 5.32 Å². The van der Waals surface area contributed by atoms with Gasteiger partial charge in [0.05, 0.1) is 28.6 Å². The maximum atomic E-state index is 12.2. The molecule has 1 heterocycles. The van der Waals surface area contributed by atoms with Crippen molar-refractivity contribution in [1.82, 2.24) is 0 Å². The Balaban J connectivity index is 1.57. The summed E-state index contributed by atoms with van der Waals surface area (Å²) in [6.45, 7) is 3.97. The Labute approximate surface area is 246 Å². The molecule has 4 aromatic rings. The molecule has 0 saturated heterocycles. The first-order valence-corrected chi connectivity index (χ1v) is 14.0. The van der Waals surface area contributed by atoms with E-state index in [-0.39, 0.29) is 5.56 Å². The summed E-state index contributed by atoms with van der Waals surface area (Å²) < 4.78 is 9.37. The highest BCUT2D eigenvalue weighted by molar-refractivity contribution is 7.98. The number of aromatic carboxylic acids is 1. The van der Waals surface area contributed by atoms with Crippen molar-refractivity contribution in [3.8, 4) is 22.5 Å². The second kappa shape index (κ2) is 11.3. The van der Waals surface area contributed by atoms with Crippen LogP contribution in [0.4, 0.5) is 17.1 Å². The minimum atomic E-state index is -1.00. The molecule has 6 rings (SSSR count). The molecule has 2 N–H and O–H groups in total. The van der Waals surface area contributed by atoms with Crippen LogP contribution >= 0.6 is 11.9 Å². The van der Waals surface area contributed by atoms with Gasteiger partial charge in [-0.15, -0.1) is 4.91 Å². The molecule has 2 aliphatic rings. The minimum Gasteiger partial charge on any atom is -0.478 e. The third kappa shape index (κ3) is 5.27. The molecular weight excluding hydrogens is 546 g/mol. The Bertz CT molecular complexity index is 2030. The monoisotopic (exact) mass is 571 g/mol. The highest BCUT2D eigenvalue weighted by atomic mass is 32.2. The number of anilines is 2. The molecule has 7 nitrogen and oxygen atoms in total. The van der Waals surface area contributed by atoms with Crippen LogP contribution in [0.15, 0.2) is 122 Å². The standard InChI is InChI=1S/C34H25N3O4S/c1-20-7-3-6-10-29(20)35-22-11-14-27-31(18-22)41-32-19-23(36-30-16-13-24(42-37-40)17-21(30)2)12-15-28(32)33(27)25-8-4-5-9-26(25)34(38)39/h3-19,35H,1-2H3,(H,38,39)/b36-23+. The number of nitroso groups, excluding NO2 is 1. The summed E-state index contributed by atoms with van der Waals surface area (Å²) in [6.07, 6.45) is 0. The molecular formula is C34H25N3O4S. The average Bonchev–Trinajstić information content (AvgIpc) is 2.98. The van der Waals surface area contributed by atoms with Crippen molar-refractivity contribution >= 4 is 45.9 Å². The van der Waals surface area contributed by atoms with Gasteiger partial charge in [0.2, 0.25) is 0 Å². The molecule has 206 valence electrons. The van der Waals surface area contributed by atoms with Gasteiger partial charge in [-0.25, -0.2) is 9.79 Å². The average molecular weight is 572 g/mol. The van der Waals surface area contributed by atoms with E-state index in [1.165, 1.54) is 0 Å². The molecule has 0 unspecified atom stereocenters. The molecule has 42 heavy (non-hydrogen) atoms. The summed E-state index contributed by atoms with van der Waals surface area (Å²) in [7, 11) is 0. The predicted molar refractivity (Wildman–Crippen MR) is 168 cm³/mol. The van der Waals surface area contributed by atoms with Crippen LogP contribution in [0.2, 0.25) is 0 Å². The fourth-order valence-corrected chi connectivity index (χ4v) is 5.51. The lowest BCUT2D eigenvalue weighted by Gasteiger charge is -2.18. The van der Waals surface area contributed by atoms with Crippen LogP contribution in [0, 0.1) is 18.8 Å². The molecule has 0 spiro atoms. The fraction of sp³-hybridized carbons (Fsp3) is 0.0588. The van der Waals surface area contributed by atoms with Gasteiger partial charge in [0, 0.05) is 49.5 Å². The van der Waals surface area contributed by atoms with Gasteiger partial charge in [0.1, 0.15) is 11.3 Å². The van der Waals surface area contributed by atoms with Gasteiger partial charge in [-0.2, -0.15) is 0 Å². The zero-order chi connectivity index (χ0) is 29.2. The van der Waals surface area contributed by atoms with Gasteiger partial charge in [0.25, 0.3) is 0 Å². The molecule has 8 heteroatoms. The Morgan fingerprint density at radius 1 is 0.833 bits per heavy atom. The van der Waals surface area contributed by atoms with Crippen LogP contribution in [0.25, 0.3) is 33.4 Å². The second-order valence-corrected chi connectivity index (χ2v) is 10.7. The van der Waals surface area contributed by atoms with Crippen molar-refractivity contribution in [1.29, 1.82) is 0 Å². The molecule has 1 aliphatic heterocycles. The number of aryl methyl sites for hydroxylation is 2. The maximum Gasteiger partial charge on any atom is 0.336 e. The summed E-state index contributed by atoms with van der Waals surface area (Å²) in [5.41, 5.74) is 7.57. The van der Waals surface area contributed by atoms with E-state index in [0.717, 1.165) is 61.5 Å². The summed E-state index contributed by atoms with van der Waals surface area (Å²) in [6, 6.07) is 32.1. The first-order valence-electron chi connectivity index (χ1n) is 13.2. The lowest BCUT2D eigenvalue weighted by molar-refractivity contribution is 0.0697. The molecule has 4 aromatic carbocycles. The van der Waals surface area contributed by atoms with E-state index < -0.39 is 5.97 Å². The van der Waals surface area contributed by atoms with Gasteiger partial charge in [-0.05, 0) is 85.1 Å². The second-order valence-electron chi connectivity index (χ2n) is 9.89. The lowest BCUT2D eigenvalue weighted by Crippen LogP contribution is -2.04. The highest BCUT2D eigenvalue weighted by Crippen LogP contribution is 2.42. The number of rotatable bonds is 7. The molecule has 1 aliphatic carbocycles. The Hall–Kier alpha value is -5.21. The number of benzene rings is 5. The number of hydrogen-bond donors (Lipinski definition) is 2. The molecule has 0 bridgehead atoms. The maximum absolute atomic E-state index is 12.2.